The second-order valence-corrected chi connectivity index (χ2v) is 20.4. The van der Waals surface area contributed by atoms with Crippen LogP contribution in [0.25, 0.3) is 0 Å². The molecule has 0 spiro atoms. The van der Waals surface area contributed by atoms with Crippen molar-refractivity contribution in [2.75, 3.05) is 6.61 Å². The zero-order valence-corrected chi connectivity index (χ0v) is 19.7. The van der Waals surface area contributed by atoms with Crippen molar-refractivity contribution in [1.82, 2.24) is 0 Å². The van der Waals surface area contributed by atoms with Crippen LogP contribution in [0.15, 0.2) is 11.8 Å². The summed E-state index contributed by atoms with van der Waals surface area (Å²) >= 11 is 17.0. The number of ether oxygens (including phenoxy) is 1. The first-order valence-electron chi connectivity index (χ1n) is 7.61. The lowest BCUT2D eigenvalue weighted by atomic mass is 10.2. The van der Waals surface area contributed by atoms with Crippen LogP contribution in [0.1, 0.15) is 20.8 Å². The standard InChI is InChI=1S/C15H30Cl3NO2Si2/c1-14(2,3)23(7,8)21-12(9-10-22(4,5)6)11-20-13(19)15(16,17)18/h9-10,12,19H,11H2,1-8H3/b10-9-,19-13?/t12-/m0/s1. The molecule has 0 saturated carbocycles. The number of rotatable bonds is 6. The largest absolute Gasteiger partial charge is 0.475 e. The van der Waals surface area contributed by atoms with Crippen molar-refractivity contribution in [2.45, 2.75) is 68.4 Å². The molecule has 0 aliphatic carbocycles. The molecule has 1 atom stereocenters. The van der Waals surface area contributed by atoms with E-state index in [-0.39, 0.29) is 23.6 Å². The molecule has 0 amide bonds. The van der Waals surface area contributed by atoms with Crippen LogP contribution in [0.5, 0.6) is 0 Å². The fraction of sp³-hybridized carbons (Fsp3) is 0.800. The highest BCUT2D eigenvalue weighted by atomic mass is 35.6. The van der Waals surface area contributed by atoms with Crippen molar-refractivity contribution in [3.8, 4) is 0 Å². The van der Waals surface area contributed by atoms with Crippen molar-refractivity contribution in [2.24, 2.45) is 0 Å². The summed E-state index contributed by atoms with van der Waals surface area (Å²) in [5.41, 5.74) is 2.22. The lowest BCUT2D eigenvalue weighted by Gasteiger charge is -2.38. The van der Waals surface area contributed by atoms with Crippen molar-refractivity contribution in [3.05, 3.63) is 11.8 Å². The van der Waals surface area contributed by atoms with Gasteiger partial charge in [-0.05, 0) is 18.1 Å². The second-order valence-electron chi connectivity index (χ2n) is 8.28. The van der Waals surface area contributed by atoms with Crippen LogP contribution in [-0.2, 0) is 9.16 Å². The lowest BCUT2D eigenvalue weighted by molar-refractivity contribution is 0.141. The van der Waals surface area contributed by atoms with Gasteiger partial charge in [0, 0.05) is 0 Å². The van der Waals surface area contributed by atoms with Gasteiger partial charge in [0.05, 0.1) is 14.2 Å². The second kappa shape index (κ2) is 8.24. The van der Waals surface area contributed by atoms with Gasteiger partial charge in [-0.15, -0.1) is 0 Å². The van der Waals surface area contributed by atoms with E-state index in [2.05, 4.69) is 59.2 Å². The Morgan fingerprint density at radius 2 is 1.57 bits per heavy atom. The first-order valence-corrected chi connectivity index (χ1v) is 15.2. The summed E-state index contributed by atoms with van der Waals surface area (Å²) in [7, 11) is -3.33. The van der Waals surface area contributed by atoms with Crippen molar-refractivity contribution < 1.29 is 9.16 Å². The molecule has 1 N–H and O–H groups in total. The smallest absolute Gasteiger partial charge is 0.265 e. The van der Waals surface area contributed by atoms with Crippen molar-refractivity contribution >= 4 is 57.1 Å². The Morgan fingerprint density at radius 1 is 1.09 bits per heavy atom. The minimum absolute atomic E-state index is 0.0843. The van der Waals surface area contributed by atoms with Crippen LogP contribution < -0.4 is 0 Å². The van der Waals surface area contributed by atoms with E-state index < -0.39 is 20.2 Å². The molecular weight excluding hydrogens is 389 g/mol. The number of hydrogen-bond donors (Lipinski definition) is 1. The van der Waals surface area contributed by atoms with E-state index in [9.17, 15) is 0 Å². The predicted molar refractivity (Wildman–Crippen MR) is 109 cm³/mol. The zero-order chi connectivity index (χ0) is 18.7. The van der Waals surface area contributed by atoms with Crippen LogP contribution in [-0.4, -0.2) is 38.8 Å². The van der Waals surface area contributed by atoms with Gasteiger partial charge < -0.3 is 9.16 Å². The van der Waals surface area contributed by atoms with E-state index in [0.717, 1.165) is 0 Å². The normalized spacial score (nSPS) is 15.8. The molecule has 23 heavy (non-hydrogen) atoms. The van der Waals surface area contributed by atoms with Gasteiger partial charge in [-0.1, -0.05) is 87.0 Å². The molecule has 3 nitrogen and oxygen atoms in total. The van der Waals surface area contributed by atoms with Crippen molar-refractivity contribution in [3.63, 3.8) is 0 Å². The molecule has 0 rings (SSSR count). The Morgan fingerprint density at radius 3 is 1.91 bits per heavy atom. The van der Waals surface area contributed by atoms with Crippen LogP contribution in [0.4, 0.5) is 0 Å². The molecule has 0 aromatic carbocycles. The average Bonchev–Trinajstić information content (AvgIpc) is 2.28. The molecule has 0 fully saturated rings. The van der Waals surface area contributed by atoms with E-state index in [4.69, 9.17) is 49.4 Å². The molecule has 8 heteroatoms. The topological polar surface area (TPSA) is 42.3 Å². The first kappa shape index (κ1) is 23.5. The third-order valence-corrected chi connectivity index (χ3v) is 9.92. The highest BCUT2D eigenvalue weighted by Gasteiger charge is 2.39. The molecule has 0 aliphatic rings. The Labute approximate surface area is 158 Å². The minimum Gasteiger partial charge on any atom is -0.475 e. The lowest BCUT2D eigenvalue weighted by Crippen LogP contribution is -2.45. The minimum atomic E-state index is -1.97. The Kier molecular flexibility index (Phi) is 8.40. The molecule has 0 saturated heterocycles. The van der Waals surface area contributed by atoms with Gasteiger partial charge >= 0.3 is 0 Å². The van der Waals surface area contributed by atoms with Gasteiger partial charge in [0.2, 0.25) is 5.90 Å². The van der Waals surface area contributed by atoms with Gasteiger partial charge in [0.15, 0.2) is 8.32 Å². The third kappa shape index (κ3) is 9.51. The van der Waals surface area contributed by atoms with E-state index in [1.54, 1.807) is 0 Å². The van der Waals surface area contributed by atoms with Gasteiger partial charge in [-0.3, -0.25) is 5.41 Å². The first-order chi connectivity index (χ1) is 9.96. The van der Waals surface area contributed by atoms with E-state index in [1.165, 1.54) is 0 Å². The van der Waals surface area contributed by atoms with Gasteiger partial charge in [0.1, 0.15) is 6.61 Å². The Bertz CT molecular complexity index is 435. The number of nitrogens with one attached hydrogen (secondary N) is 1. The number of hydrogen-bond acceptors (Lipinski definition) is 3. The SMILES string of the molecule is CC(C)(C)[Si](C)(C)O[C@@H](/C=C\[Si](C)(C)C)COC(=N)C(Cl)(Cl)Cl. The zero-order valence-electron chi connectivity index (χ0n) is 15.4. The molecule has 0 radical (unpaired) electrons. The predicted octanol–water partition coefficient (Wildman–Crippen LogP) is 6.17. The molecular formula is C15H30Cl3NO2Si2. The van der Waals surface area contributed by atoms with E-state index in [1.807, 2.05) is 6.08 Å². The van der Waals surface area contributed by atoms with Gasteiger partial charge in [0.25, 0.3) is 3.79 Å². The molecule has 0 bridgehead atoms. The van der Waals surface area contributed by atoms with Crippen molar-refractivity contribution in [1.29, 1.82) is 5.41 Å². The van der Waals surface area contributed by atoms with Crippen LogP contribution in [0.3, 0.4) is 0 Å². The summed E-state index contributed by atoms with van der Waals surface area (Å²) in [6, 6.07) is 0. The average molecular weight is 419 g/mol. The summed E-state index contributed by atoms with van der Waals surface area (Å²) in [4.78, 5) is 0. The highest BCUT2D eigenvalue weighted by Crippen LogP contribution is 2.37. The maximum atomic E-state index is 7.66. The number of halogens is 3. The highest BCUT2D eigenvalue weighted by molar-refractivity contribution is 6.81. The molecule has 0 aliphatic heterocycles. The molecule has 0 unspecified atom stereocenters. The molecule has 0 aromatic rings. The fourth-order valence-corrected chi connectivity index (χ4v) is 3.54. The summed E-state index contributed by atoms with van der Waals surface area (Å²) < 4.78 is 9.88. The van der Waals surface area contributed by atoms with Crippen LogP contribution >= 0.6 is 34.8 Å². The molecule has 0 heterocycles. The molecule has 136 valence electrons. The number of alkyl halides is 3. The Hall–Kier alpha value is 0.474. The molecule has 0 aromatic heterocycles. The Balaban J connectivity index is 5.12. The van der Waals surface area contributed by atoms with Crippen LogP contribution in [0, 0.1) is 5.41 Å². The quantitative estimate of drug-likeness (QED) is 0.242. The van der Waals surface area contributed by atoms with Gasteiger partial charge in [-0.25, -0.2) is 0 Å². The third-order valence-electron chi connectivity index (χ3n) is 3.71. The van der Waals surface area contributed by atoms with E-state index >= 15 is 0 Å². The fourth-order valence-electron chi connectivity index (χ4n) is 1.33. The summed E-state index contributed by atoms with van der Waals surface area (Å²) in [6.45, 7) is 17.8. The maximum Gasteiger partial charge on any atom is 0.265 e. The monoisotopic (exact) mass is 417 g/mol. The summed E-state index contributed by atoms with van der Waals surface area (Å²) in [5.74, 6) is -0.382. The van der Waals surface area contributed by atoms with Crippen LogP contribution in [0.2, 0.25) is 37.8 Å². The maximum absolute atomic E-state index is 7.66. The summed E-state index contributed by atoms with van der Waals surface area (Å²) in [5, 5.41) is 7.75. The summed E-state index contributed by atoms with van der Waals surface area (Å²) in [6.07, 6.45) is 1.79. The van der Waals surface area contributed by atoms with E-state index in [0.29, 0.717) is 0 Å². The van der Waals surface area contributed by atoms with Gasteiger partial charge in [-0.2, -0.15) is 0 Å².